The van der Waals surface area contributed by atoms with Crippen molar-refractivity contribution in [1.82, 2.24) is 4.98 Å². The van der Waals surface area contributed by atoms with Crippen LogP contribution in [0, 0.1) is 0 Å². The summed E-state index contributed by atoms with van der Waals surface area (Å²) in [6.07, 6.45) is 0.731. The maximum absolute atomic E-state index is 12.7. The first-order valence-electron chi connectivity index (χ1n) is 10.1. The largest absolute Gasteiger partial charge is 0.497 e. The number of esters is 1. The average molecular weight is 404 g/mol. The zero-order chi connectivity index (χ0) is 21.0. The summed E-state index contributed by atoms with van der Waals surface area (Å²) in [5.74, 6) is 0.00105. The van der Waals surface area contributed by atoms with Gasteiger partial charge in [-0.1, -0.05) is 0 Å². The number of morpholine rings is 1. The third kappa shape index (κ3) is 5.07. The molecule has 0 saturated carbocycles. The van der Waals surface area contributed by atoms with Crippen LogP contribution in [0.25, 0.3) is 10.9 Å². The van der Waals surface area contributed by atoms with Gasteiger partial charge < -0.3 is 29.4 Å². The number of carbonyl (C=O) groups excluding carboxylic acids is 2. The van der Waals surface area contributed by atoms with Crippen LogP contribution in [0.4, 0.5) is 5.69 Å². The fourth-order valence-electron chi connectivity index (χ4n) is 3.87. The van der Waals surface area contributed by atoms with E-state index in [0.717, 1.165) is 18.6 Å². The molecule has 1 aliphatic heterocycles. The molecule has 3 rings (SSSR count). The van der Waals surface area contributed by atoms with Crippen LogP contribution in [-0.4, -0.2) is 62.4 Å². The van der Waals surface area contributed by atoms with E-state index < -0.39 is 5.97 Å². The minimum atomic E-state index is -0.501. The Hall–Kier alpha value is -2.58. The second-order valence-corrected chi connectivity index (χ2v) is 7.47. The van der Waals surface area contributed by atoms with E-state index in [2.05, 4.69) is 24.1 Å². The molecule has 1 aliphatic rings. The quantitative estimate of drug-likeness (QED) is 0.606. The zero-order valence-electron chi connectivity index (χ0n) is 17.5. The minimum absolute atomic E-state index is 0.140. The Labute approximate surface area is 170 Å². The second-order valence-electron chi connectivity index (χ2n) is 7.47. The standard InChI is InChI=1S/C21H29N3O5/c1-5-28-21(26)20-19(16-10-15(27-4)6-7-17(16)22-20)23-18(25)8-9-24-11-13(2)29-14(3)12-24/h6-7,10,13-14,22H,5,8-9,11-12H2,1-4H3,(H,23,25)/p+1/t13-,14-/m1/s1. The van der Waals surface area contributed by atoms with Crippen LogP contribution in [0.15, 0.2) is 18.2 Å². The monoisotopic (exact) mass is 404 g/mol. The molecule has 2 heterocycles. The molecular formula is C21H30N3O5+. The molecular weight excluding hydrogens is 374 g/mol. The smallest absolute Gasteiger partial charge is 0.356 e. The predicted octanol–water partition coefficient (Wildman–Crippen LogP) is 1.37. The highest BCUT2D eigenvalue weighted by atomic mass is 16.5. The highest BCUT2D eigenvalue weighted by Crippen LogP contribution is 2.31. The number of amides is 1. The first-order valence-corrected chi connectivity index (χ1v) is 10.1. The van der Waals surface area contributed by atoms with Crippen molar-refractivity contribution in [3.05, 3.63) is 23.9 Å². The third-order valence-electron chi connectivity index (χ3n) is 5.07. The number of rotatable bonds is 7. The molecule has 158 valence electrons. The van der Waals surface area contributed by atoms with Gasteiger partial charge in [0.25, 0.3) is 0 Å². The van der Waals surface area contributed by atoms with Crippen molar-refractivity contribution < 1.29 is 28.7 Å². The number of aromatic nitrogens is 1. The van der Waals surface area contributed by atoms with Crippen LogP contribution in [0.5, 0.6) is 5.75 Å². The average Bonchev–Trinajstić information content (AvgIpc) is 3.03. The number of methoxy groups -OCH3 is 1. The lowest BCUT2D eigenvalue weighted by Gasteiger charge is -2.32. The van der Waals surface area contributed by atoms with Crippen LogP contribution in [0.1, 0.15) is 37.7 Å². The van der Waals surface area contributed by atoms with Gasteiger partial charge in [-0.25, -0.2) is 4.79 Å². The number of nitrogens with one attached hydrogen (secondary N) is 3. The van der Waals surface area contributed by atoms with Gasteiger partial charge >= 0.3 is 5.97 Å². The maximum atomic E-state index is 12.7. The van der Waals surface area contributed by atoms with Gasteiger partial charge in [-0.05, 0) is 39.0 Å². The number of ether oxygens (including phenoxy) is 3. The lowest BCUT2D eigenvalue weighted by molar-refractivity contribution is -0.914. The van der Waals surface area contributed by atoms with Crippen molar-refractivity contribution in [1.29, 1.82) is 0 Å². The number of anilines is 1. The summed E-state index contributed by atoms with van der Waals surface area (Å²) in [5.41, 5.74) is 1.40. The first-order chi connectivity index (χ1) is 13.9. The van der Waals surface area contributed by atoms with E-state index in [1.807, 2.05) is 6.07 Å². The van der Waals surface area contributed by atoms with Crippen LogP contribution in [0.3, 0.4) is 0 Å². The van der Waals surface area contributed by atoms with E-state index in [4.69, 9.17) is 14.2 Å². The Balaban J connectivity index is 1.77. The van der Waals surface area contributed by atoms with E-state index >= 15 is 0 Å². The van der Waals surface area contributed by atoms with Gasteiger partial charge in [0.2, 0.25) is 5.91 Å². The number of aromatic amines is 1. The van der Waals surface area contributed by atoms with Crippen molar-refractivity contribution in [2.45, 2.75) is 39.4 Å². The predicted molar refractivity (Wildman–Crippen MR) is 110 cm³/mol. The third-order valence-corrected chi connectivity index (χ3v) is 5.07. The maximum Gasteiger partial charge on any atom is 0.356 e. The Morgan fingerprint density at radius 3 is 2.66 bits per heavy atom. The van der Waals surface area contributed by atoms with Crippen molar-refractivity contribution in [2.24, 2.45) is 0 Å². The number of benzene rings is 1. The molecule has 1 saturated heterocycles. The molecule has 1 aromatic heterocycles. The Morgan fingerprint density at radius 2 is 2.00 bits per heavy atom. The van der Waals surface area contributed by atoms with Gasteiger partial charge in [-0.3, -0.25) is 4.79 Å². The number of quaternary nitrogens is 1. The van der Waals surface area contributed by atoms with Crippen molar-refractivity contribution in [2.75, 3.05) is 38.7 Å². The van der Waals surface area contributed by atoms with Gasteiger partial charge in [0, 0.05) is 10.9 Å². The molecule has 2 atom stereocenters. The summed E-state index contributed by atoms with van der Waals surface area (Å²) in [6, 6.07) is 5.40. The van der Waals surface area contributed by atoms with Crippen molar-refractivity contribution >= 4 is 28.5 Å². The molecule has 8 heteroatoms. The fraction of sp³-hybridized carbons (Fsp3) is 0.524. The van der Waals surface area contributed by atoms with Crippen LogP contribution < -0.4 is 15.0 Å². The van der Waals surface area contributed by atoms with Crippen LogP contribution >= 0.6 is 0 Å². The summed E-state index contributed by atoms with van der Waals surface area (Å²) >= 11 is 0. The summed E-state index contributed by atoms with van der Waals surface area (Å²) in [5, 5.41) is 3.62. The van der Waals surface area contributed by atoms with Crippen molar-refractivity contribution in [3.8, 4) is 5.75 Å². The van der Waals surface area contributed by atoms with Crippen molar-refractivity contribution in [3.63, 3.8) is 0 Å². The van der Waals surface area contributed by atoms with Crippen LogP contribution in [-0.2, 0) is 14.3 Å². The van der Waals surface area contributed by atoms with Gasteiger partial charge in [-0.15, -0.1) is 0 Å². The number of H-pyrrole nitrogens is 1. The molecule has 1 fully saturated rings. The zero-order valence-corrected chi connectivity index (χ0v) is 17.5. The molecule has 0 spiro atoms. The van der Waals surface area contributed by atoms with E-state index in [9.17, 15) is 9.59 Å². The fourth-order valence-corrected chi connectivity index (χ4v) is 3.87. The van der Waals surface area contributed by atoms with Gasteiger partial charge in [0.05, 0.1) is 32.4 Å². The van der Waals surface area contributed by atoms with E-state index in [1.54, 1.807) is 26.2 Å². The normalized spacial score (nSPS) is 21.7. The summed E-state index contributed by atoms with van der Waals surface area (Å²) in [4.78, 5) is 29.5. The SMILES string of the molecule is CCOC(=O)c1[nH]c2ccc(OC)cc2c1NC(=O)CC[NH+]1C[C@@H](C)O[C@H](C)C1. The highest BCUT2D eigenvalue weighted by Gasteiger charge is 2.26. The number of hydrogen-bond donors (Lipinski definition) is 3. The van der Waals surface area contributed by atoms with Gasteiger partial charge in [0.1, 0.15) is 36.7 Å². The van der Waals surface area contributed by atoms with Gasteiger partial charge in [-0.2, -0.15) is 0 Å². The van der Waals surface area contributed by atoms with E-state index in [0.29, 0.717) is 29.8 Å². The lowest BCUT2D eigenvalue weighted by atomic mass is 10.2. The number of fused-ring (bicyclic) bond motifs is 1. The molecule has 1 aromatic carbocycles. The molecule has 0 unspecified atom stereocenters. The highest BCUT2D eigenvalue weighted by molar-refractivity contribution is 6.11. The molecule has 0 radical (unpaired) electrons. The first kappa shape index (κ1) is 21.1. The number of carbonyl (C=O) groups is 2. The topological polar surface area (TPSA) is 94.1 Å². The van der Waals surface area contributed by atoms with Crippen LogP contribution in [0.2, 0.25) is 0 Å². The molecule has 0 bridgehead atoms. The molecule has 3 N–H and O–H groups in total. The minimum Gasteiger partial charge on any atom is -0.497 e. The molecule has 29 heavy (non-hydrogen) atoms. The lowest BCUT2D eigenvalue weighted by Crippen LogP contribution is -3.15. The molecule has 2 aromatic rings. The Morgan fingerprint density at radius 1 is 1.28 bits per heavy atom. The van der Waals surface area contributed by atoms with E-state index in [1.165, 1.54) is 4.90 Å². The van der Waals surface area contributed by atoms with E-state index in [-0.39, 0.29) is 30.4 Å². The van der Waals surface area contributed by atoms with Gasteiger partial charge in [0.15, 0.2) is 0 Å². The molecule has 1 amide bonds. The number of hydrogen-bond acceptors (Lipinski definition) is 5. The summed E-state index contributed by atoms with van der Waals surface area (Å²) in [6.45, 7) is 8.59. The molecule has 0 aliphatic carbocycles. The molecule has 8 nitrogen and oxygen atoms in total. The summed E-state index contributed by atoms with van der Waals surface area (Å²) < 4.78 is 16.2. The Bertz CT molecular complexity index is 869. The summed E-state index contributed by atoms with van der Waals surface area (Å²) in [7, 11) is 1.57. The second kappa shape index (κ2) is 9.28. The Kier molecular flexibility index (Phi) is 6.76.